The van der Waals surface area contributed by atoms with Gasteiger partial charge in [-0.25, -0.2) is 10.5 Å². The minimum absolute atomic E-state index is 0.0345. The Morgan fingerprint density at radius 3 is 2.89 bits per heavy atom. The standard InChI is InChI=1S/C12H16N4O2/c1-9(2)18-10-5-4-8-17-12(10,15-13)11-14-6-7-16(11)3/h4-9,13H,1-3H3/t12-/m1/s1. The van der Waals surface area contributed by atoms with Crippen molar-refractivity contribution in [3.63, 3.8) is 0 Å². The Labute approximate surface area is 105 Å². The second kappa shape index (κ2) is 4.64. The van der Waals surface area contributed by atoms with Crippen LogP contribution in [0.2, 0.25) is 0 Å². The Hall–Kier alpha value is -2.11. The number of rotatable bonds is 4. The Balaban J connectivity index is 2.48. The van der Waals surface area contributed by atoms with Gasteiger partial charge in [0, 0.05) is 19.4 Å². The molecule has 18 heavy (non-hydrogen) atoms. The predicted molar refractivity (Wildman–Crippen MR) is 64.6 cm³/mol. The van der Waals surface area contributed by atoms with Gasteiger partial charge in [0.15, 0.2) is 11.6 Å². The van der Waals surface area contributed by atoms with Crippen molar-refractivity contribution in [1.82, 2.24) is 9.55 Å². The molecule has 0 aromatic carbocycles. The van der Waals surface area contributed by atoms with Crippen molar-refractivity contribution in [2.24, 2.45) is 12.2 Å². The number of nitrogens with zero attached hydrogens (tertiary/aromatic N) is 3. The molecule has 0 radical (unpaired) electrons. The molecule has 0 amide bonds. The van der Waals surface area contributed by atoms with Gasteiger partial charge in [-0.2, -0.15) is 0 Å². The second-order valence-corrected chi connectivity index (χ2v) is 4.26. The average Bonchev–Trinajstić information content (AvgIpc) is 2.76. The predicted octanol–water partition coefficient (Wildman–Crippen LogP) is 2.46. The quantitative estimate of drug-likeness (QED) is 0.832. The topological polar surface area (TPSA) is 72.5 Å². The maximum absolute atomic E-state index is 7.48. The fraction of sp³-hybridized carbons (Fsp3) is 0.417. The summed E-state index contributed by atoms with van der Waals surface area (Å²) in [5.41, 5.74) is 6.16. The maximum Gasteiger partial charge on any atom is 0.333 e. The fourth-order valence-corrected chi connectivity index (χ4v) is 1.80. The average molecular weight is 248 g/mol. The van der Waals surface area contributed by atoms with E-state index in [1.54, 1.807) is 29.1 Å². The molecular formula is C12H16N4O2. The lowest BCUT2D eigenvalue weighted by atomic mass is 10.1. The second-order valence-electron chi connectivity index (χ2n) is 4.26. The van der Waals surface area contributed by atoms with Gasteiger partial charge in [0.25, 0.3) is 0 Å². The Morgan fingerprint density at radius 2 is 2.33 bits per heavy atom. The zero-order valence-electron chi connectivity index (χ0n) is 10.6. The molecule has 1 aliphatic rings. The third kappa shape index (κ3) is 1.90. The number of ether oxygens (including phenoxy) is 2. The van der Waals surface area contributed by atoms with E-state index in [4.69, 9.17) is 15.0 Å². The lowest BCUT2D eigenvalue weighted by molar-refractivity contribution is -0.0332. The highest BCUT2D eigenvalue weighted by Crippen LogP contribution is 2.37. The lowest BCUT2D eigenvalue weighted by Gasteiger charge is -2.31. The van der Waals surface area contributed by atoms with Crippen LogP contribution in [0.4, 0.5) is 0 Å². The van der Waals surface area contributed by atoms with Gasteiger partial charge in [-0.3, -0.25) is 0 Å². The number of nitrogens with one attached hydrogen (secondary N) is 1. The lowest BCUT2D eigenvalue weighted by Crippen LogP contribution is -2.34. The molecule has 6 nitrogen and oxygen atoms in total. The highest BCUT2D eigenvalue weighted by molar-refractivity contribution is 5.26. The van der Waals surface area contributed by atoms with Gasteiger partial charge in [-0.1, -0.05) is 0 Å². The van der Waals surface area contributed by atoms with E-state index in [-0.39, 0.29) is 6.10 Å². The van der Waals surface area contributed by atoms with Gasteiger partial charge in [0.1, 0.15) is 0 Å². The van der Waals surface area contributed by atoms with Crippen LogP contribution in [0.15, 0.2) is 41.7 Å². The first-order valence-corrected chi connectivity index (χ1v) is 5.68. The van der Waals surface area contributed by atoms with Gasteiger partial charge in [-0.15, -0.1) is 5.11 Å². The molecule has 2 rings (SSSR count). The van der Waals surface area contributed by atoms with Crippen molar-refractivity contribution in [3.05, 3.63) is 42.4 Å². The third-order valence-electron chi connectivity index (χ3n) is 2.54. The number of imidazole rings is 1. The van der Waals surface area contributed by atoms with Gasteiger partial charge >= 0.3 is 5.72 Å². The first kappa shape index (κ1) is 12.3. The summed E-state index contributed by atoms with van der Waals surface area (Å²) in [6.07, 6.45) is 8.32. The van der Waals surface area contributed by atoms with Crippen LogP contribution in [-0.2, 0) is 22.2 Å². The summed E-state index contributed by atoms with van der Waals surface area (Å²) in [4.78, 5) is 4.21. The molecule has 1 aromatic heterocycles. The summed E-state index contributed by atoms with van der Waals surface area (Å²) in [7, 11) is 1.82. The summed E-state index contributed by atoms with van der Waals surface area (Å²) in [5.74, 6) is 0.970. The van der Waals surface area contributed by atoms with Crippen LogP contribution >= 0.6 is 0 Å². The summed E-state index contributed by atoms with van der Waals surface area (Å²) in [5, 5.41) is 3.62. The maximum atomic E-state index is 7.48. The fourth-order valence-electron chi connectivity index (χ4n) is 1.80. The number of hydrogen-bond donors (Lipinski definition) is 1. The number of allylic oxidation sites excluding steroid dienone is 2. The largest absolute Gasteiger partial charge is 0.488 e. The van der Waals surface area contributed by atoms with E-state index in [1.165, 1.54) is 6.26 Å². The Bertz CT molecular complexity index is 504. The number of aromatic nitrogens is 2. The molecule has 1 aromatic rings. The molecule has 96 valence electrons. The van der Waals surface area contributed by atoms with Crippen LogP contribution in [-0.4, -0.2) is 15.7 Å². The summed E-state index contributed by atoms with van der Waals surface area (Å²) < 4.78 is 13.0. The molecule has 1 aliphatic heterocycles. The number of aryl methyl sites for hydroxylation is 1. The van der Waals surface area contributed by atoms with E-state index in [0.717, 1.165) is 0 Å². The smallest absolute Gasteiger partial charge is 0.333 e. The SMILES string of the molecule is CC(C)OC1=CC=CO[C@@]1(N=N)c1nccn1C. The van der Waals surface area contributed by atoms with E-state index in [0.29, 0.717) is 11.6 Å². The number of hydrogen-bond acceptors (Lipinski definition) is 5. The molecule has 0 aliphatic carbocycles. The van der Waals surface area contributed by atoms with Crippen LogP contribution in [0.3, 0.4) is 0 Å². The zero-order valence-corrected chi connectivity index (χ0v) is 10.6. The molecule has 0 bridgehead atoms. The zero-order chi connectivity index (χ0) is 13.2. The first-order chi connectivity index (χ1) is 8.60. The van der Waals surface area contributed by atoms with Gasteiger partial charge in [0.05, 0.1) is 12.4 Å². The van der Waals surface area contributed by atoms with Crippen LogP contribution in [0.1, 0.15) is 19.7 Å². The third-order valence-corrected chi connectivity index (χ3v) is 2.54. The van der Waals surface area contributed by atoms with Gasteiger partial charge < -0.3 is 14.0 Å². The molecule has 1 atom stereocenters. The van der Waals surface area contributed by atoms with Crippen molar-refractivity contribution < 1.29 is 9.47 Å². The Kier molecular flexibility index (Phi) is 3.18. The van der Waals surface area contributed by atoms with E-state index in [9.17, 15) is 0 Å². The highest BCUT2D eigenvalue weighted by atomic mass is 16.6. The van der Waals surface area contributed by atoms with Crippen molar-refractivity contribution in [1.29, 1.82) is 5.53 Å². The van der Waals surface area contributed by atoms with Crippen LogP contribution in [0.25, 0.3) is 0 Å². The van der Waals surface area contributed by atoms with Crippen LogP contribution in [0.5, 0.6) is 0 Å². The molecule has 6 heteroatoms. The minimum atomic E-state index is -1.32. The molecule has 1 N–H and O–H groups in total. The van der Waals surface area contributed by atoms with E-state index in [1.807, 2.05) is 20.9 Å². The molecule has 2 heterocycles. The summed E-state index contributed by atoms with van der Waals surface area (Å²) in [6, 6.07) is 0. The molecule has 0 saturated carbocycles. The van der Waals surface area contributed by atoms with E-state index < -0.39 is 5.72 Å². The van der Waals surface area contributed by atoms with E-state index >= 15 is 0 Å². The van der Waals surface area contributed by atoms with Gasteiger partial charge in [0.2, 0.25) is 0 Å². The molecule has 0 fully saturated rings. The molecule has 0 unspecified atom stereocenters. The molecule has 0 saturated heterocycles. The Morgan fingerprint density at radius 1 is 1.56 bits per heavy atom. The van der Waals surface area contributed by atoms with Gasteiger partial charge in [-0.05, 0) is 26.0 Å². The minimum Gasteiger partial charge on any atom is -0.488 e. The monoisotopic (exact) mass is 248 g/mol. The summed E-state index contributed by atoms with van der Waals surface area (Å²) in [6.45, 7) is 3.82. The van der Waals surface area contributed by atoms with Crippen molar-refractivity contribution in [2.45, 2.75) is 25.7 Å². The normalized spacial score (nSPS) is 22.6. The first-order valence-electron chi connectivity index (χ1n) is 5.68. The van der Waals surface area contributed by atoms with Crippen molar-refractivity contribution in [3.8, 4) is 0 Å². The molecule has 0 spiro atoms. The van der Waals surface area contributed by atoms with Crippen molar-refractivity contribution in [2.75, 3.05) is 0 Å². The van der Waals surface area contributed by atoms with Crippen LogP contribution in [0, 0.1) is 5.53 Å². The van der Waals surface area contributed by atoms with E-state index in [2.05, 4.69) is 10.1 Å². The van der Waals surface area contributed by atoms with Crippen molar-refractivity contribution >= 4 is 0 Å². The summed E-state index contributed by atoms with van der Waals surface area (Å²) >= 11 is 0. The van der Waals surface area contributed by atoms with Crippen LogP contribution < -0.4 is 0 Å². The molecular weight excluding hydrogens is 232 g/mol. The highest BCUT2D eigenvalue weighted by Gasteiger charge is 2.45.